The van der Waals surface area contributed by atoms with Gasteiger partial charge < -0.3 is 15.4 Å². The number of nitrogens with zero attached hydrogens (tertiary/aromatic N) is 3. The lowest BCUT2D eigenvalue weighted by Gasteiger charge is -2.34. The maximum Gasteiger partial charge on any atom is 0.132 e. The Kier molecular flexibility index (Phi) is 4.77. The first-order valence-electron chi connectivity index (χ1n) is 8.92. The molecule has 0 bridgehead atoms. The van der Waals surface area contributed by atoms with Gasteiger partial charge in [-0.2, -0.15) is 0 Å². The topological polar surface area (TPSA) is 64.3 Å². The fraction of sp³-hybridized carbons (Fsp3) is 0.474. The van der Waals surface area contributed by atoms with Gasteiger partial charge in [0.1, 0.15) is 24.0 Å². The summed E-state index contributed by atoms with van der Waals surface area (Å²) in [6, 6.07) is 10.1. The van der Waals surface area contributed by atoms with Crippen molar-refractivity contribution in [1.82, 2.24) is 9.97 Å². The van der Waals surface area contributed by atoms with Crippen LogP contribution in [0.2, 0.25) is 5.02 Å². The zero-order chi connectivity index (χ0) is 17.2. The lowest BCUT2D eigenvalue weighted by Crippen LogP contribution is -2.39. The quantitative estimate of drug-likeness (QED) is 0.907. The number of anilines is 1. The van der Waals surface area contributed by atoms with E-state index in [1.165, 1.54) is 0 Å². The summed E-state index contributed by atoms with van der Waals surface area (Å²) in [4.78, 5) is 11.2. The normalized spacial score (nSPS) is 24.0. The molecule has 2 heterocycles. The van der Waals surface area contributed by atoms with Crippen LogP contribution in [0, 0.1) is 0 Å². The van der Waals surface area contributed by atoms with Gasteiger partial charge >= 0.3 is 0 Å². The van der Waals surface area contributed by atoms with Gasteiger partial charge in [0.25, 0.3) is 0 Å². The minimum atomic E-state index is 0.223. The summed E-state index contributed by atoms with van der Waals surface area (Å²) in [5, 5.41) is 0.708. The molecule has 0 amide bonds. The van der Waals surface area contributed by atoms with Gasteiger partial charge in [-0.1, -0.05) is 17.7 Å². The number of rotatable bonds is 4. The Morgan fingerprint density at radius 3 is 2.64 bits per heavy atom. The van der Waals surface area contributed by atoms with Gasteiger partial charge in [0.15, 0.2) is 0 Å². The average molecular weight is 359 g/mol. The summed E-state index contributed by atoms with van der Waals surface area (Å²) in [6.07, 6.45) is 5.92. The second-order valence-corrected chi connectivity index (χ2v) is 7.43. The SMILES string of the molecule is NC1CC(c2cc(N3CCC(Oc4cccc(Cl)c4)CC3)ncn2)C1. The number of ether oxygens (including phenoxy) is 1. The molecule has 1 aliphatic heterocycles. The van der Waals surface area contributed by atoms with Crippen LogP contribution in [0.15, 0.2) is 36.7 Å². The lowest BCUT2D eigenvalue weighted by molar-refractivity contribution is 0.170. The summed E-state index contributed by atoms with van der Waals surface area (Å²) in [7, 11) is 0. The molecular formula is C19H23ClN4O. The zero-order valence-electron chi connectivity index (χ0n) is 14.1. The van der Waals surface area contributed by atoms with E-state index in [2.05, 4.69) is 20.9 Å². The van der Waals surface area contributed by atoms with E-state index < -0.39 is 0 Å². The van der Waals surface area contributed by atoms with E-state index in [1.54, 1.807) is 6.33 Å². The van der Waals surface area contributed by atoms with Crippen molar-refractivity contribution in [3.05, 3.63) is 47.4 Å². The predicted molar refractivity (Wildman–Crippen MR) is 99.3 cm³/mol. The molecule has 4 rings (SSSR count). The van der Waals surface area contributed by atoms with E-state index in [4.69, 9.17) is 22.1 Å². The van der Waals surface area contributed by atoms with Crippen LogP contribution in [-0.2, 0) is 0 Å². The number of hydrogen-bond donors (Lipinski definition) is 1. The molecule has 1 aromatic carbocycles. The van der Waals surface area contributed by atoms with Crippen LogP contribution >= 0.6 is 11.6 Å². The molecule has 0 atom stereocenters. The van der Waals surface area contributed by atoms with E-state index in [1.807, 2.05) is 24.3 Å². The maximum atomic E-state index is 6.06. The Labute approximate surface area is 153 Å². The highest BCUT2D eigenvalue weighted by Crippen LogP contribution is 2.35. The first-order valence-corrected chi connectivity index (χ1v) is 9.30. The number of nitrogens with two attached hydrogens (primary N) is 1. The van der Waals surface area contributed by atoms with E-state index in [-0.39, 0.29) is 6.10 Å². The van der Waals surface area contributed by atoms with E-state index in [9.17, 15) is 0 Å². The Morgan fingerprint density at radius 2 is 1.92 bits per heavy atom. The maximum absolute atomic E-state index is 6.06. The highest BCUT2D eigenvalue weighted by molar-refractivity contribution is 6.30. The minimum Gasteiger partial charge on any atom is -0.490 e. The third kappa shape index (κ3) is 3.88. The van der Waals surface area contributed by atoms with Crippen LogP contribution in [0.4, 0.5) is 5.82 Å². The average Bonchev–Trinajstić information content (AvgIpc) is 2.60. The van der Waals surface area contributed by atoms with Crippen LogP contribution in [0.25, 0.3) is 0 Å². The molecule has 1 aromatic heterocycles. The molecule has 0 radical (unpaired) electrons. The smallest absolute Gasteiger partial charge is 0.132 e. The second kappa shape index (κ2) is 7.18. The third-order valence-electron chi connectivity index (χ3n) is 5.13. The first kappa shape index (κ1) is 16.6. The van der Waals surface area contributed by atoms with Crippen molar-refractivity contribution in [3.8, 4) is 5.75 Å². The largest absolute Gasteiger partial charge is 0.490 e. The number of halogens is 1. The van der Waals surface area contributed by atoms with Crippen LogP contribution in [0.1, 0.15) is 37.3 Å². The number of benzene rings is 1. The molecule has 25 heavy (non-hydrogen) atoms. The number of aromatic nitrogens is 2. The number of piperidine rings is 1. The molecule has 1 saturated heterocycles. The fourth-order valence-corrected chi connectivity index (χ4v) is 3.78. The Balaban J connectivity index is 1.35. The van der Waals surface area contributed by atoms with E-state index in [0.717, 1.165) is 56.0 Å². The highest BCUT2D eigenvalue weighted by Gasteiger charge is 2.29. The van der Waals surface area contributed by atoms with E-state index >= 15 is 0 Å². The van der Waals surface area contributed by atoms with Gasteiger partial charge in [0.05, 0.1) is 0 Å². The monoisotopic (exact) mass is 358 g/mol. The Bertz CT molecular complexity index is 727. The lowest BCUT2D eigenvalue weighted by atomic mass is 9.78. The van der Waals surface area contributed by atoms with Crippen LogP contribution in [0.5, 0.6) is 5.75 Å². The summed E-state index contributed by atoms with van der Waals surface area (Å²) in [5.41, 5.74) is 7.03. The Hall–Kier alpha value is -1.85. The summed E-state index contributed by atoms with van der Waals surface area (Å²) < 4.78 is 6.06. The summed E-state index contributed by atoms with van der Waals surface area (Å²) in [5.74, 6) is 2.36. The van der Waals surface area contributed by atoms with Gasteiger partial charge in [-0.15, -0.1) is 0 Å². The van der Waals surface area contributed by atoms with Gasteiger partial charge in [0, 0.05) is 54.7 Å². The van der Waals surface area contributed by atoms with Gasteiger partial charge in [0.2, 0.25) is 0 Å². The first-order chi connectivity index (χ1) is 12.2. The zero-order valence-corrected chi connectivity index (χ0v) is 14.9. The highest BCUT2D eigenvalue weighted by atomic mass is 35.5. The molecule has 2 aliphatic rings. The molecule has 6 heteroatoms. The molecule has 132 valence electrons. The van der Waals surface area contributed by atoms with Crippen molar-refractivity contribution in [2.45, 2.75) is 43.7 Å². The standard InChI is InChI=1S/C19H23ClN4O/c20-14-2-1-3-17(10-14)25-16-4-6-24(7-5-16)19-11-18(22-12-23-19)13-8-15(21)9-13/h1-3,10-13,15-16H,4-9,21H2. The fourth-order valence-electron chi connectivity index (χ4n) is 3.60. The molecule has 2 fully saturated rings. The van der Waals surface area contributed by atoms with Gasteiger partial charge in [-0.3, -0.25) is 0 Å². The number of hydrogen-bond acceptors (Lipinski definition) is 5. The molecule has 2 N–H and O–H groups in total. The molecule has 0 unspecified atom stereocenters. The molecule has 0 spiro atoms. The van der Waals surface area contributed by atoms with Crippen molar-refractivity contribution in [1.29, 1.82) is 0 Å². The Morgan fingerprint density at radius 1 is 1.12 bits per heavy atom. The molecule has 1 saturated carbocycles. The van der Waals surface area contributed by atoms with Crippen molar-refractivity contribution in [3.63, 3.8) is 0 Å². The van der Waals surface area contributed by atoms with Crippen molar-refractivity contribution < 1.29 is 4.74 Å². The minimum absolute atomic E-state index is 0.223. The van der Waals surface area contributed by atoms with Crippen molar-refractivity contribution in [2.75, 3.05) is 18.0 Å². The molecule has 5 nitrogen and oxygen atoms in total. The van der Waals surface area contributed by atoms with Crippen LogP contribution in [-0.4, -0.2) is 35.2 Å². The predicted octanol–water partition coefficient (Wildman–Crippen LogP) is 3.38. The van der Waals surface area contributed by atoms with Gasteiger partial charge in [-0.25, -0.2) is 9.97 Å². The molecule has 2 aromatic rings. The van der Waals surface area contributed by atoms with Crippen LogP contribution in [0.3, 0.4) is 0 Å². The second-order valence-electron chi connectivity index (χ2n) is 6.99. The van der Waals surface area contributed by atoms with Gasteiger partial charge in [-0.05, 0) is 31.0 Å². The summed E-state index contributed by atoms with van der Waals surface area (Å²) >= 11 is 6.02. The van der Waals surface area contributed by atoms with E-state index in [0.29, 0.717) is 17.0 Å². The third-order valence-corrected chi connectivity index (χ3v) is 5.37. The van der Waals surface area contributed by atoms with Crippen LogP contribution < -0.4 is 15.4 Å². The molecule has 1 aliphatic carbocycles. The van der Waals surface area contributed by atoms with Crippen molar-refractivity contribution in [2.24, 2.45) is 5.73 Å². The molecular weight excluding hydrogens is 336 g/mol. The summed E-state index contributed by atoms with van der Waals surface area (Å²) in [6.45, 7) is 1.87. The van der Waals surface area contributed by atoms with Crippen molar-refractivity contribution >= 4 is 17.4 Å².